The van der Waals surface area contributed by atoms with Crippen molar-refractivity contribution in [1.29, 1.82) is 0 Å². The number of benzene rings is 2. The predicted octanol–water partition coefficient (Wildman–Crippen LogP) is 4.32. The van der Waals surface area contributed by atoms with Gasteiger partial charge in [-0.25, -0.2) is 23.4 Å². The van der Waals surface area contributed by atoms with Crippen molar-refractivity contribution in [2.24, 2.45) is 0 Å². The van der Waals surface area contributed by atoms with Gasteiger partial charge in [-0.05, 0) is 42.0 Å². The Balaban J connectivity index is 1.38. The molecule has 0 aliphatic carbocycles. The third-order valence-corrected chi connectivity index (χ3v) is 9.04. The number of fused-ring (bicyclic) bond motifs is 1. The van der Waals surface area contributed by atoms with Gasteiger partial charge in [0.1, 0.15) is 21.7 Å². The molecule has 1 saturated heterocycles. The van der Waals surface area contributed by atoms with E-state index < -0.39 is 10.0 Å². The van der Waals surface area contributed by atoms with Crippen molar-refractivity contribution < 1.29 is 8.42 Å². The van der Waals surface area contributed by atoms with Gasteiger partial charge in [-0.15, -0.1) is 0 Å². The lowest BCUT2D eigenvalue weighted by atomic mass is 10.1. The smallest absolute Gasteiger partial charge is 0.243 e. The lowest BCUT2D eigenvalue weighted by Gasteiger charge is -2.26. The van der Waals surface area contributed by atoms with Gasteiger partial charge in [0.25, 0.3) is 0 Å². The molecule has 1 fully saturated rings. The summed E-state index contributed by atoms with van der Waals surface area (Å²) in [5.41, 5.74) is 2.14. The van der Waals surface area contributed by atoms with Gasteiger partial charge >= 0.3 is 0 Å². The minimum absolute atomic E-state index is 0.264. The second kappa shape index (κ2) is 9.73. The number of nitrogens with one attached hydrogen (secondary N) is 2. The fourth-order valence-corrected chi connectivity index (χ4v) is 6.59. The first-order chi connectivity index (χ1) is 16.4. The molecule has 2 aromatic carbocycles. The molecule has 34 heavy (non-hydrogen) atoms. The maximum absolute atomic E-state index is 12.9. The molecule has 5 rings (SSSR count). The lowest BCUT2D eigenvalue weighted by molar-refractivity contribution is 0.360. The minimum atomic E-state index is -3.51. The van der Waals surface area contributed by atoms with Crippen LogP contribution in [0.25, 0.3) is 10.3 Å². The Bertz CT molecular complexity index is 1420. The fourth-order valence-electron chi connectivity index (χ4n) is 3.70. The molecule has 3 heterocycles. The number of sulfonamides is 1. The molecule has 2 N–H and O–H groups in total. The third kappa shape index (κ3) is 4.74. The van der Waals surface area contributed by atoms with E-state index >= 15 is 0 Å². The number of halogens is 2. The van der Waals surface area contributed by atoms with Gasteiger partial charge in [-0.3, -0.25) is 0 Å². The zero-order valence-corrected chi connectivity index (χ0v) is 21.0. The third-order valence-electron chi connectivity index (χ3n) is 5.46. The van der Waals surface area contributed by atoms with Crippen LogP contribution in [0.1, 0.15) is 10.6 Å². The highest BCUT2D eigenvalue weighted by molar-refractivity contribution is 7.89. The van der Waals surface area contributed by atoms with Gasteiger partial charge in [-0.2, -0.15) is 4.31 Å². The molecule has 0 spiro atoms. The van der Waals surface area contributed by atoms with Crippen LogP contribution in [0.3, 0.4) is 0 Å². The lowest BCUT2D eigenvalue weighted by Crippen LogP contribution is -2.46. The molecule has 0 amide bonds. The maximum atomic E-state index is 12.9. The SMILES string of the molecule is O=S(=O)(c1ccc(Nc2ncnc3sc(Cc4c(Cl)cccc4Cl)nc23)cc1)N1CCNCC1. The second-order valence-electron chi connectivity index (χ2n) is 7.66. The molecule has 4 aromatic rings. The fraction of sp³-hybridized carbons (Fsp3) is 0.227. The van der Waals surface area contributed by atoms with Crippen molar-refractivity contribution in [2.45, 2.75) is 11.3 Å². The molecule has 0 radical (unpaired) electrons. The van der Waals surface area contributed by atoms with Crippen LogP contribution in [0.15, 0.2) is 53.7 Å². The van der Waals surface area contributed by atoms with E-state index in [1.807, 2.05) is 0 Å². The molecule has 0 bridgehead atoms. The Labute approximate surface area is 211 Å². The van der Waals surface area contributed by atoms with Crippen LogP contribution in [-0.2, 0) is 16.4 Å². The first kappa shape index (κ1) is 23.4. The number of rotatable bonds is 6. The van der Waals surface area contributed by atoms with E-state index in [9.17, 15) is 8.42 Å². The van der Waals surface area contributed by atoms with Crippen LogP contribution in [0, 0.1) is 0 Å². The summed E-state index contributed by atoms with van der Waals surface area (Å²) in [5.74, 6) is 0.537. The Kier molecular flexibility index (Phi) is 6.70. The van der Waals surface area contributed by atoms with Crippen LogP contribution in [0.4, 0.5) is 11.5 Å². The highest BCUT2D eigenvalue weighted by Gasteiger charge is 2.25. The number of aromatic nitrogens is 3. The Morgan fingerprint density at radius 1 is 1.03 bits per heavy atom. The highest BCUT2D eigenvalue weighted by atomic mass is 35.5. The molecular weight excluding hydrogens is 515 g/mol. The van der Waals surface area contributed by atoms with Crippen molar-refractivity contribution in [3.05, 3.63) is 69.4 Å². The molecule has 8 nitrogen and oxygen atoms in total. The topological polar surface area (TPSA) is 100 Å². The Morgan fingerprint density at radius 2 is 1.74 bits per heavy atom. The minimum Gasteiger partial charge on any atom is -0.338 e. The first-order valence-corrected chi connectivity index (χ1v) is 13.5. The zero-order valence-electron chi connectivity index (χ0n) is 17.8. The van der Waals surface area contributed by atoms with Crippen molar-refractivity contribution in [3.8, 4) is 0 Å². The average molecular weight is 535 g/mol. The van der Waals surface area contributed by atoms with Gasteiger partial charge < -0.3 is 10.6 Å². The van der Waals surface area contributed by atoms with E-state index in [1.165, 1.54) is 22.0 Å². The van der Waals surface area contributed by atoms with E-state index in [2.05, 4.69) is 20.6 Å². The largest absolute Gasteiger partial charge is 0.338 e. The second-order valence-corrected chi connectivity index (χ2v) is 11.5. The maximum Gasteiger partial charge on any atom is 0.243 e. The van der Waals surface area contributed by atoms with E-state index in [-0.39, 0.29) is 4.90 Å². The number of thiazole rings is 1. The molecule has 0 unspecified atom stereocenters. The highest BCUT2D eigenvalue weighted by Crippen LogP contribution is 2.32. The van der Waals surface area contributed by atoms with Crippen LogP contribution in [-0.4, -0.2) is 53.9 Å². The van der Waals surface area contributed by atoms with E-state index in [4.69, 9.17) is 28.2 Å². The summed E-state index contributed by atoms with van der Waals surface area (Å²) in [6.45, 7) is 2.24. The van der Waals surface area contributed by atoms with E-state index in [1.54, 1.807) is 42.5 Å². The summed E-state index contributed by atoms with van der Waals surface area (Å²) in [7, 11) is -3.51. The standard InChI is InChI=1S/C22H20Cl2N6O2S2/c23-17-2-1-3-18(24)16(17)12-19-29-20-21(26-13-27-22(20)33-19)28-14-4-6-15(7-5-14)34(31,32)30-10-8-25-9-11-30/h1-7,13,25H,8-12H2,(H,26,27,28). The van der Waals surface area contributed by atoms with Crippen molar-refractivity contribution in [3.63, 3.8) is 0 Å². The summed E-state index contributed by atoms with van der Waals surface area (Å²) in [5, 5.41) is 8.38. The molecule has 176 valence electrons. The average Bonchev–Trinajstić information content (AvgIpc) is 3.26. The Morgan fingerprint density at radius 3 is 2.44 bits per heavy atom. The van der Waals surface area contributed by atoms with Gasteiger partial charge in [-0.1, -0.05) is 40.6 Å². The molecule has 0 atom stereocenters. The van der Waals surface area contributed by atoms with Crippen molar-refractivity contribution in [1.82, 2.24) is 24.6 Å². The van der Waals surface area contributed by atoms with Gasteiger partial charge in [0.15, 0.2) is 5.82 Å². The van der Waals surface area contributed by atoms with Crippen molar-refractivity contribution in [2.75, 3.05) is 31.5 Å². The van der Waals surface area contributed by atoms with Crippen molar-refractivity contribution >= 4 is 66.4 Å². The molecule has 12 heteroatoms. The van der Waals surface area contributed by atoms with E-state index in [0.29, 0.717) is 59.7 Å². The summed E-state index contributed by atoms with van der Waals surface area (Å²) >= 11 is 14.1. The van der Waals surface area contributed by atoms with Gasteiger partial charge in [0.2, 0.25) is 10.0 Å². The molecule has 2 aromatic heterocycles. The van der Waals surface area contributed by atoms with Crippen LogP contribution >= 0.6 is 34.5 Å². The van der Waals surface area contributed by atoms with E-state index in [0.717, 1.165) is 15.4 Å². The van der Waals surface area contributed by atoms with Crippen LogP contribution in [0.5, 0.6) is 0 Å². The summed E-state index contributed by atoms with van der Waals surface area (Å²) < 4.78 is 27.2. The summed E-state index contributed by atoms with van der Waals surface area (Å²) in [6.07, 6.45) is 1.95. The quantitative estimate of drug-likeness (QED) is 0.379. The molecule has 1 aliphatic heterocycles. The Hall–Kier alpha value is -2.34. The number of hydrogen-bond acceptors (Lipinski definition) is 8. The number of anilines is 2. The zero-order chi connectivity index (χ0) is 23.7. The molecule has 1 aliphatic rings. The molecular formula is C22H20Cl2N6O2S2. The summed E-state index contributed by atoms with van der Waals surface area (Å²) in [4.78, 5) is 14.4. The first-order valence-electron chi connectivity index (χ1n) is 10.5. The normalized spacial score (nSPS) is 15.0. The van der Waals surface area contributed by atoms with Crippen LogP contribution < -0.4 is 10.6 Å². The molecule has 0 saturated carbocycles. The monoisotopic (exact) mass is 534 g/mol. The van der Waals surface area contributed by atoms with Crippen LogP contribution in [0.2, 0.25) is 10.0 Å². The number of hydrogen-bond donors (Lipinski definition) is 2. The van der Waals surface area contributed by atoms with Gasteiger partial charge in [0, 0.05) is 48.3 Å². The van der Waals surface area contributed by atoms with Gasteiger partial charge in [0.05, 0.1) is 4.90 Å². The predicted molar refractivity (Wildman–Crippen MR) is 136 cm³/mol. The summed E-state index contributed by atoms with van der Waals surface area (Å²) in [6, 6.07) is 12.1. The number of piperazine rings is 1. The number of nitrogens with zero attached hydrogens (tertiary/aromatic N) is 4.